The molecule has 0 radical (unpaired) electrons. The summed E-state index contributed by atoms with van der Waals surface area (Å²) in [6, 6.07) is 31.5. The molecule has 4 aromatic carbocycles. The predicted molar refractivity (Wildman–Crippen MR) is 160 cm³/mol. The summed E-state index contributed by atoms with van der Waals surface area (Å²) in [5.41, 5.74) is 3.20. The maximum absolute atomic E-state index is 13.2. The van der Waals surface area contributed by atoms with Crippen molar-refractivity contribution in [2.24, 2.45) is 0 Å². The van der Waals surface area contributed by atoms with Crippen molar-refractivity contribution in [3.05, 3.63) is 119 Å². The van der Waals surface area contributed by atoms with E-state index in [1.807, 2.05) is 85.8 Å². The Morgan fingerprint density at radius 3 is 2.38 bits per heavy atom. The molecular weight excluding hydrogens is 528 g/mol. The Morgan fingerprint density at radius 2 is 1.62 bits per heavy atom. The Morgan fingerprint density at radius 1 is 0.897 bits per heavy atom. The number of nitrogens with zero attached hydrogens (tertiary/aromatic N) is 1. The van der Waals surface area contributed by atoms with Crippen molar-refractivity contribution in [2.75, 3.05) is 16.8 Å². The number of hydrogen-bond acceptors (Lipinski definition) is 6. The van der Waals surface area contributed by atoms with Crippen LogP contribution in [0.2, 0.25) is 0 Å². The normalized spacial score (nSPS) is 14.0. The quantitative estimate of drug-likeness (QED) is 0.184. The number of thiocarbonyl (C=S) groups is 1. The van der Waals surface area contributed by atoms with Gasteiger partial charge in [-0.2, -0.15) is 0 Å². The van der Waals surface area contributed by atoms with Crippen LogP contribution in [0.3, 0.4) is 0 Å². The van der Waals surface area contributed by atoms with Crippen molar-refractivity contribution in [1.82, 2.24) is 0 Å². The second-order valence-corrected chi connectivity index (χ2v) is 10.4. The van der Waals surface area contributed by atoms with E-state index in [1.54, 1.807) is 30.3 Å². The van der Waals surface area contributed by atoms with Gasteiger partial charge in [0.1, 0.15) is 17.2 Å². The molecule has 0 atom stereocenters. The van der Waals surface area contributed by atoms with Crippen LogP contribution in [0.1, 0.15) is 11.1 Å². The van der Waals surface area contributed by atoms with Crippen molar-refractivity contribution >= 4 is 57.6 Å². The zero-order chi connectivity index (χ0) is 27.2. The summed E-state index contributed by atoms with van der Waals surface area (Å²) in [5.74, 6) is 1.46. The summed E-state index contributed by atoms with van der Waals surface area (Å²) in [6.45, 7) is 1.83. The minimum absolute atomic E-state index is 0.135. The summed E-state index contributed by atoms with van der Waals surface area (Å²) < 4.78 is 12.0. The van der Waals surface area contributed by atoms with Gasteiger partial charge in [-0.15, -0.1) is 0 Å². The van der Waals surface area contributed by atoms with Crippen molar-refractivity contribution in [3.63, 3.8) is 0 Å². The minimum atomic E-state index is -0.257. The molecule has 1 N–H and O–H groups in total. The number of rotatable bonds is 8. The predicted octanol–water partition coefficient (Wildman–Crippen LogP) is 7.21. The number of ether oxygens (including phenoxy) is 2. The lowest BCUT2D eigenvalue weighted by Gasteiger charge is -2.15. The van der Waals surface area contributed by atoms with Gasteiger partial charge in [-0.05, 0) is 84.8 Å². The van der Waals surface area contributed by atoms with Crippen molar-refractivity contribution in [2.45, 2.75) is 6.92 Å². The first-order valence-corrected chi connectivity index (χ1v) is 13.4. The van der Waals surface area contributed by atoms with Crippen LogP contribution in [0.5, 0.6) is 17.2 Å². The number of benzene rings is 4. The van der Waals surface area contributed by atoms with E-state index >= 15 is 0 Å². The van der Waals surface area contributed by atoms with Gasteiger partial charge in [-0.3, -0.25) is 14.5 Å². The average molecular weight is 553 g/mol. The second-order valence-electron chi connectivity index (χ2n) is 8.70. The molecular formula is C31H24N2O4S2. The van der Waals surface area contributed by atoms with Crippen molar-refractivity contribution in [1.29, 1.82) is 0 Å². The van der Waals surface area contributed by atoms with E-state index in [0.717, 1.165) is 22.6 Å². The molecule has 0 saturated carbocycles. The number of nitrogens with one attached hydrogen (secondary N) is 1. The van der Waals surface area contributed by atoms with Gasteiger partial charge in [-0.1, -0.05) is 66.4 Å². The molecule has 8 heteroatoms. The molecule has 1 heterocycles. The van der Waals surface area contributed by atoms with Crippen molar-refractivity contribution in [3.8, 4) is 17.2 Å². The zero-order valence-corrected chi connectivity index (χ0v) is 22.6. The molecule has 5 rings (SSSR count). The first-order chi connectivity index (χ1) is 18.9. The van der Waals surface area contributed by atoms with E-state index in [0.29, 0.717) is 26.4 Å². The summed E-state index contributed by atoms with van der Waals surface area (Å²) in [4.78, 5) is 27.5. The van der Waals surface area contributed by atoms with Crippen LogP contribution >= 0.6 is 24.0 Å². The second kappa shape index (κ2) is 12.0. The largest absolute Gasteiger partial charge is 0.484 e. The SMILES string of the molecule is Cc1cccc(NC(=O)COc2cccc(/C=C3\SC(=S)N(c4ccc(Oc5ccccc5)cc4)C3=O)c2)c1. The summed E-state index contributed by atoms with van der Waals surface area (Å²) >= 11 is 6.75. The summed E-state index contributed by atoms with van der Waals surface area (Å²) in [5, 5.41) is 2.82. The number of carbonyl (C=O) groups is 2. The third-order valence-corrected chi connectivity index (χ3v) is 7.00. The topological polar surface area (TPSA) is 67.9 Å². The highest BCUT2D eigenvalue weighted by Gasteiger charge is 2.33. The molecule has 1 saturated heterocycles. The Bertz CT molecular complexity index is 1550. The molecule has 1 aliphatic rings. The summed E-state index contributed by atoms with van der Waals surface area (Å²) in [6.07, 6.45) is 1.77. The number of hydrogen-bond donors (Lipinski definition) is 1. The van der Waals surface area contributed by atoms with Crippen LogP contribution in [-0.2, 0) is 9.59 Å². The highest BCUT2D eigenvalue weighted by Crippen LogP contribution is 2.37. The van der Waals surface area contributed by atoms with Gasteiger partial charge in [-0.25, -0.2) is 0 Å². The van der Waals surface area contributed by atoms with E-state index in [1.165, 1.54) is 16.7 Å². The maximum atomic E-state index is 13.2. The molecule has 4 aromatic rings. The number of amides is 2. The third-order valence-electron chi connectivity index (χ3n) is 5.70. The van der Waals surface area contributed by atoms with Gasteiger partial charge >= 0.3 is 0 Å². The van der Waals surface area contributed by atoms with Gasteiger partial charge in [0.15, 0.2) is 10.9 Å². The molecule has 0 unspecified atom stereocenters. The van der Waals surface area contributed by atoms with Crippen LogP contribution in [-0.4, -0.2) is 22.7 Å². The van der Waals surface area contributed by atoms with Gasteiger partial charge in [0, 0.05) is 5.69 Å². The fraction of sp³-hybridized carbons (Fsp3) is 0.0645. The number of anilines is 2. The molecule has 194 valence electrons. The summed E-state index contributed by atoms with van der Waals surface area (Å²) in [7, 11) is 0. The minimum Gasteiger partial charge on any atom is -0.484 e. The number of para-hydroxylation sites is 1. The molecule has 2 amide bonds. The Kier molecular flexibility index (Phi) is 8.05. The van der Waals surface area contributed by atoms with Gasteiger partial charge < -0.3 is 14.8 Å². The Balaban J connectivity index is 1.22. The zero-order valence-electron chi connectivity index (χ0n) is 21.0. The van der Waals surface area contributed by atoms with Crippen LogP contribution in [0, 0.1) is 6.92 Å². The third kappa shape index (κ3) is 6.73. The van der Waals surface area contributed by atoms with Crippen molar-refractivity contribution < 1.29 is 19.1 Å². The van der Waals surface area contributed by atoms with E-state index < -0.39 is 0 Å². The van der Waals surface area contributed by atoms with Crippen LogP contribution in [0.15, 0.2) is 108 Å². The Labute approximate surface area is 236 Å². The highest BCUT2D eigenvalue weighted by atomic mass is 32.2. The number of thioether (sulfide) groups is 1. The first kappa shape index (κ1) is 26.2. The van der Waals surface area contributed by atoms with Gasteiger partial charge in [0.05, 0.1) is 10.6 Å². The van der Waals surface area contributed by atoms with E-state index in [4.69, 9.17) is 21.7 Å². The lowest BCUT2D eigenvalue weighted by molar-refractivity contribution is -0.118. The van der Waals surface area contributed by atoms with Gasteiger partial charge in [0.2, 0.25) is 0 Å². The lowest BCUT2D eigenvalue weighted by Crippen LogP contribution is -2.27. The molecule has 1 fully saturated rings. The average Bonchev–Trinajstić information content (AvgIpc) is 3.21. The van der Waals surface area contributed by atoms with Crippen LogP contribution < -0.4 is 19.7 Å². The molecule has 6 nitrogen and oxygen atoms in total. The Hall–Kier alpha value is -4.40. The monoisotopic (exact) mass is 552 g/mol. The molecule has 1 aliphatic heterocycles. The van der Waals surface area contributed by atoms with E-state index in [9.17, 15) is 9.59 Å². The fourth-order valence-electron chi connectivity index (χ4n) is 3.89. The smallest absolute Gasteiger partial charge is 0.270 e. The number of carbonyl (C=O) groups excluding carboxylic acids is 2. The molecule has 0 bridgehead atoms. The molecule has 0 aliphatic carbocycles. The van der Waals surface area contributed by atoms with E-state index in [2.05, 4.69) is 5.32 Å². The van der Waals surface area contributed by atoms with E-state index in [-0.39, 0.29) is 18.4 Å². The molecule has 39 heavy (non-hydrogen) atoms. The van der Waals surface area contributed by atoms with Crippen LogP contribution in [0.4, 0.5) is 11.4 Å². The lowest BCUT2D eigenvalue weighted by atomic mass is 10.2. The highest BCUT2D eigenvalue weighted by molar-refractivity contribution is 8.27. The molecule has 0 spiro atoms. The standard InChI is InChI=1S/C31H24N2O4S2/c1-21-7-5-9-23(17-21)32-29(34)20-36-27-12-6-8-22(18-27)19-28-30(35)33(31(38)39-28)24-13-15-26(16-14-24)37-25-10-3-2-4-11-25/h2-19H,20H2,1H3,(H,32,34)/b28-19-. The molecule has 0 aromatic heterocycles. The first-order valence-electron chi connectivity index (χ1n) is 12.1. The van der Waals surface area contributed by atoms with Gasteiger partial charge in [0.25, 0.3) is 11.8 Å². The van der Waals surface area contributed by atoms with Crippen LogP contribution in [0.25, 0.3) is 6.08 Å². The fourth-order valence-corrected chi connectivity index (χ4v) is 5.19. The maximum Gasteiger partial charge on any atom is 0.270 e. The number of aryl methyl sites for hydroxylation is 1.